The number of rotatable bonds is 7. The highest BCUT2D eigenvalue weighted by atomic mass is 32.1. The highest BCUT2D eigenvalue weighted by Crippen LogP contribution is 2.29. The van der Waals surface area contributed by atoms with Gasteiger partial charge >= 0.3 is 0 Å². The topological polar surface area (TPSA) is 69.0 Å². The quantitative estimate of drug-likeness (QED) is 0.349. The number of aliphatic hydroxyl groups excluding tert-OH is 1. The van der Waals surface area contributed by atoms with Crippen LogP contribution in [0.4, 0.5) is 5.69 Å². The van der Waals surface area contributed by atoms with Gasteiger partial charge in [-0.25, -0.2) is 4.98 Å². The maximum absolute atomic E-state index is 10.6. The summed E-state index contributed by atoms with van der Waals surface area (Å²) in [4.78, 5) is 24.1. The zero-order valence-corrected chi connectivity index (χ0v) is 16.5. The van der Waals surface area contributed by atoms with Gasteiger partial charge in [-0.3, -0.25) is 9.79 Å². The van der Waals surface area contributed by atoms with Crippen molar-refractivity contribution in [1.82, 2.24) is 9.88 Å². The molecule has 0 radical (unpaired) electrons. The van der Waals surface area contributed by atoms with Gasteiger partial charge in [0.25, 0.3) is 0 Å². The van der Waals surface area contributed by atoms with Crippen LogP contribution >= 0.6 is 11.3 Å². The minimum Gasteiger partial charge on any atom is -0.389 e. The number of carbonyl (C=O) groups excluding carboxylic acids is 1. The van der Waals surface area contributed by atoms with Crippen LogP contribution in [0.3, 0.4) is 0 Å². The first-order chi connectivity index (χ1) is 12.4. The number of aldehydes is 1. The molecule has 140 valence electrons. The van der Waals surface area contributed by atoms with Crippen molar-refractivity contribution in [1.29, 1.82) is 0 Å². The highest BCUT2D eigenvalue weighted by molar-refractivity contribution is 7.20. The predicted octanol–water partition coefficient (Wildman–Crippen LogP) is 3.20. The van der Waals surface area contributed by atoms with E-state index in [4.69, 9.17) is 5.11 Å². The number of aromatic nitrogens is 1. The summed E-state index contributed by atoms with van der Waals surface area (Å²) in [6, 6.07) is 3.83. The van der Waals surface area contributed by atoms with E-state index in [0.717, 1.165) is 27.1 Å². The van der Waals surface area contributed by atoms with E-state index in [1.54, 1.807) is 19.6 Å². The summed E-state index contributed by atoms with van der Waals surface area (Å²) in [5.41, 5.74) is 1.10. The molecule has 2 aromatic heterocycles. The Morgan fingerprint density at radius 2 is 2.15 bits per heavy atom. The van der Waals surface area contributed by atoms with Crippen LogP contribution in [0.1, 0.15) is 16.1 Å². The van der Waals surface area contributed by atoms with Crippen molar-refractivity contribution in [2.75, 3.05) is 33.1 Å². The molecular weight excluding hydrogens is 348 g/mol. The third-order valence-electron chi connectivity index (χ3n) is 3.32. The molecule has 0 aliphatic heterocycles. The molecule has 7 heteroatoms. The molecule has 6 nitrogen and oxygen atoms in total. The normalized spacial score (nSPS) is 12.0. The number of pyridine rings is 1. The van der Waals surface area contributed by atoms with Crippen molar-refractivity contribution in [2.45, 2.75) is 12.5 Å². The van der Waals surface area contributed by atoms with E-state index in [1.807, 2.05) is 55.4 Å². The highest BCUT2D eigenvalue weighted by Gasteiger charge is 2.07. The fourth-order valence-electron chi connectivity index (χ4n) is 2.08. The van der Waals surface area contributed by atoms with Gasteiger partial charge in [0.2, 0.25) is 0 Å². The average molecular weight is 375 g/mol. The molecule has 0 aliphatic rings. The van der Waals surface area contributed by atoms with Gasteiger partial charge in [-0.15, -0.1) is 17.9 Å². The van der Waals surface area contributed by atoms with Crippen molar-refractivity contribution < 1.29 is 9.90 Å². The number of carbonyl (C=O) groups is 1. The van der Waals surface area contributed by atoms with Crippen molar-refractivity contribution in [2.24, 2.45) is 4.99 Å². The molecule has 0 amide bonds. The molecule has 1 atom stereocenters. The Morgan fingerprint density at radius 3 is 2.73 bits per heavy atom. The molecule has 2 rings (SSSR count). The lowest BCUT2D eigenvalue weighted by Gasteiger charge is -2.12. The molecule has 1 N–H and O–H groups in total. The van der Waals surface area contributed by atoms with Crippen molar-refractivity contribution in [3.63, 3.8) is 0 Å². The molecular formula is C19H26N4O2S. The Bertz CT molecular complexity index is 768. The average Bonchev–Trinajstić information content (AvgIpc) is 3.05. The molecule has 26 heavy (non-hydrogen) atoms. The molecule has 0 spiro atoms. The van der Waals surface area contributed by atoms with Gasteiger partial charge in [-0.1, -0.05) is 12.2 Å². The number of aliphatic imine (C=N–C) groups is 1. The largest absolute Gasteiger partial charge is 0.389 e. The number of fused-ring (bicyclic) bond motifs is 1. The number of aliphatic hydroxyl groups is 1. The SMILES string of the molecule is C=CC(O)C/C=C/N(C)C=NC.CN(C)c1ccnc2sc(C=O)cc12. The summed E-state index contributed by atoms with van der Waals surface area (Å²) in [6.45, 7) is 3.47. The van der Waals surface area contributed by atoms with Crippen LogP contribution in [0.2, 0.25) is 0 Å². The molecule has 0 bridgehead atoms. The molecule has 0 saturated carbocycles. The number of thiophene rings is 1. The van der Waals surface area contributed by atoms with Crippen molar-refractivity contribution in [3.8, 4) is 0 Å². The zero-order chi connectivity index (χ0) is 19.5. The van der Waals surface area contributed by atoms with Gasteiger partial charge in [-0.2, -0.15) is 0 Å². The first-order valence-electron chi connectivity index (χ1n) is 8.05. The van der Waals surface area contributed by atoms with Gasteiger partial charge in [0.15, 0.2) is 6.29 Å². The Kier molecular flexibility index (Phi) is 9.25. The number of anilines is 1. The Labute approximate surface area is 158 Å². The first kappa shape index (κ1) is 21.5. The van der Waals surface area contributed by atoms with Crippen molar-refractivity contribution >= 4 is 39.9 Å². The first-order valence-corrected chi connectivity index (χ1v) is 8.87. The Balaban J connectivity index is 0.000000265. The van der Waals surface area contributed by atoms with E-state index in [0.29, 0.717) is 6.42 Å². The second kappa shape index (κ2) is 11.2. The molecule has 0 aromatic carbocycles. The van der Waals surface area contributed by atoms with Crippen LogP contribution in [0, 0.1) is 0 Å². The molecule has 0 saturated heterocycles. The lowest BCUT2D eigenvalue weighted by Crippen LogP contribution is -2.08. The Morgan fingerprint density at radius 1 is 1.42 bits per heavy atom. The fourth-order valence-corrected chi connectivity index (χ4v) is 2.91. The fraction of sp³-hybridized carbons (Fsp3) is 0.316. The predicted molar refractivity (Wildman–Crippen MR) is 111 cm³/mol. The third-order valence-corrected chi connectivity index (χ3v) is 4.29. The summed E-state index contributed by atoms with van der Waals surface area (Å²) >= 11 is 1.42. The minimum absolute atomic E-state index is 0.451. The molecule has 2 heterocycles. The molecule has 0 aliphatic carbocycles. The van der Waals surface area contributed by atoms with Crippen LogP contribution in [0.5, 0.6) is 0 Å². The van der Waals surface area contributed by atoms with E-state index in [9.17, 15) is 4.79 Å². The van der Waals surface area contributed by atoms with Crippen LogP contribution in [0.15, 0.2) is 48.3 Å². The van der Waals surface area contributed by atoms with E-state index < -0.39 is 6.10 Å². The van der Waals surface area contributed by atoms with Crippen LogP contribution < -0.4 is 4.90 Å². The van der Waals surface area contributed by atoms with Gasteiger partial charge in [0.1, 0.15) is 4.83 Å². The summed E-state index contributed by atoms with van der Waals surface area (Å²) in [5.74, 6) is 0. The van der Waals surface area contributed by atoms with E-state index >= 15 is 0 Å². The summed E-state index contributed by atoms with van der Waals surface area (Å²) < 4.78 is 0. The van der Waals surface area contributed by atoms with Gasteiger partial charge < -0.3 is 14.9 Å². The number of nitrogens with zero attached hydrogens (tertiary/aromatic N) is 4. The number of hydrogen-bond acceptors (Lipinski definition) is 6. The van der Waals surface area contributed by atoms with Crippen molar-refractivity contribution in [3.05, 3.63) is 48.1 Å². The summed E-state index contributed by atoms with van der Waals surface area (Å²) in [7, 11) is 7.55. The molecule has 1 unspecified atom stereocenters. The maximum atomic E-state index is 10.6. The van der Waals surface area contributed by atoms with Gasteiger partial charge in [0.05, 0.1) is 17.3 Å². The maximum Gasteiger partial charge on any atom is 0.160 e. The lowest BCUT2D eigenvalue weighted by atomic mass is 10.2. The molecule has 2 aromatic rings. The van der Waals surface area contributed by atoms with Crippen LogP contribution in [-0.4, -0.2) is 61.9 Å². The summed E-state index contributed by atoms with van der Waals surface area (Å²) in [6.07, 6.45) is 9.69. The summed E-state index contributed by atoms with van der Waals surface area (Å²) in [5, 5.41) is 10.1. The standard InChI is InChI=1S/C10H10N2OS.C9H16N2O/c1-12(2)9-3-4-11-10-8(9)5-7(6-13)14-10;1-4-9(12)6-5-7-11(3)8-10-2/h3-6H,1-2H3;4-5,7-9,12H,1,6H2,2-3H3/b;7-5+,10-8?. The zero-order valence-electron chi connectivity index (χ0n) is 15.7. The lowest BCUT2D eigenvalue weighted by molar-refractivity contribution is 0.112. The van der Waals surface area contributed by atoms with Gasteiger partial charge in [-0.05, 0) is 18.6 Å². The van der Waals surface area contributed by atoms with E-state index in [1.165, 1.54) is 17.4 Å². The van der Waals surface area contributed by atoms with Crippen LogP contribution in [0.25, 0.3) is 10.2 Å². The van der Waals surface area contributed by atoms with Crippen LogP contribution in [-0.2, 0) is 0 Å². The second-order valence-corrected chi connectivity index (χ2v) is 6.73. The van der Waals surface area contributed by atoms with Gasteiger partial charge in [0, 0.05) is 51.7 Å². The monoisotopic (exact) mass is 374 g/mol. The smallest absolute Gasteiger partial charge is 0.160 e. The second-order valence-electron chi connectivity index (χ2n) is 5.67. The number of hydrogen-bond donors (Lipinski definition) is 1. The molecule has 0 fully saturated rings. The minimum atomic E-state index is -0.451. The van der Waals surface area contributed by atoms with E-state index in [-0.39, 0.29) is 0 Å². The Hall–Kier alpha value is -2.51. The third kappa shape index (κ3) is 6.78. The van der Waals surface area contributed by atoms with E-state index in [2.05, 4.69) is 16.6 Å².